The summed E-state index contributed by atoms with van der Waals surface area (Å²) in [6.07, 6.45) is 3.68. The van der Waals surface area contributed by atoms with Gasteiger partial charge in [-0.15, -0.1) is 10.2 Å². The van der Waals surface area contributed by atoms with E-state index in [1.165, 1.54) is 11.8 Å². The van der Waals surface area contributed by atoms with Crippen LogP contribution in [0.5, 0.6) is 5.75 Å². The molecule has 2 heterocycles. The standard InChI is InChI=1S/C19H21N3O3S/c1-3-4-10-22-18(17-9-6-11-25-17)20-21-19(22)26-13-16(23)14-7-5-8-15(12-14)24-2/h5-9,11-12H,3-4,10,13H2,1-2H3. The first kappa shape index (κ1) is 18.3. The smallest absolute Gasteiger partial charge is 0.200 e. The van der Waals surface area contributed by atoms with Gasteiger partial charge in [-0.3, -0.25) is 9.36 Å². The van der Waals surface area contributed by atoms with E-state index in [1.54, 1.807) is 25.5 Å². The third kappa shape index (κ3) is 4.16. The summed E-state index contributed by atoms with van der Waals surface area (Å²) >= 11 is 1.39. The highest BCUT2D eigenvalue weighted by Crippen LogP contribution is 2.26. The molecule has 0 atom stereocenters. The predicted molar refractivity (Wildman–Crippen MR) is 101 cm³/mol. The fourth-order valence-electron chi connectivity index (χ4n) is 2.51. The molecule has 0 aliphatic carbocycles. The lowest BCUT2D eigenvalue weighted by Gasteiger charge is -2.08. The van der Waals surface area contributed by atoms with Gasteiger partial charge in [0.1, 0.15) is 5.75 Å². The highest BCUT2D eigenvalue weighted by Gasteiger charge is 2.17. The fraction of sp³-hybridized carbons (Fsp3) is 0.316. The number of unbranched alkanes of at least 4 members (excludes halogenated alkanes) is 1. The number of methoxy groups -OCH3 is 1. The number of furan rings is 1. The SMILES string of the molecule is CCCCn1c(SCC(=O)c2cccc(OC)c2)nnc1-c1ccco1. The van der Waals surface area contributed by atoms with Gasteiger partial charge in [0, 0.05) is 12.1 Å². The highest BCUT2D eigenvalue weighted by molar-refractivity contribution is 7.99. The van der Waals surface area contributed by atoms with Gasteiger partial charge in [-0.25, -0.2) is 0 Å². The van der Waals surface area contributed by atoms with E-state index in [-0.39, 0.29) is 11.5 Å². The van der Waals surface area contributed by atoms with Gasteiger partial charge in [-0.05, 0) is 30.7 Å². The Hall–Kier alpha value is -2.54. The lowest BCUT2D eigenvalue weighted by Crippen LogP contribution is -2.06. The highest BCUT2D eigenvalue weighted by atomic mass is 32.2. The molecule has 0 unspecified atom stereocenters. The summed E-state index contributed by atoms with van der Waals surface area (Å²) < 4.78 is 12.7. The molecule has 6 nitrogen and oxygen atoms in total. The van der Waals surface area contributed by atoms with Crippen LogP contribution in [-0.2, 0) is 6.54 Å². The molecule has 0 radical (unpaired) electrons. The Morgan fingerprint density at radius 1 is 1.27 bits per heavy atom. The minimum atomic E-state index is 0.0264. The van der Waals surface area contributed by atoms with Crippen molar-refractivity contribution < 1.29 is 13.9 Å². The van der Waals surface area contributed by atoms with E-state index in [0.29, 0.717) is 22.9 Å². The fourth-order valence-corrected chi connectivity index (χ4v) is 3.37. The monoisotopic (exact) mass is 371 g/mol. The summed E-state index contributed by atoms with van der Waals surface area (Å²) in [5, 5.41) is 9.24. The van der Waals surface area contributed by atoms with Crippen LogP contribution in [0.2, 0.25) is 0 Å². The molecule has 3 aromatic rings. The molecular weight excluding hydrogens is 350 g/mol. The van der Waals surface area contributed by atoms with Crippen LogP contribution in [0.25, 0.3) is 11.6 Å². The molecule has 0 N–H and O–H groups in total. The Kier molecular flexibility index (Phi) is 6.12. The zero-order chi connectivity index (χ0) is 18.4. The minimum absolute atomic E-state index is 0.0264. The van der Waals surface area contributed by atoms with Crippen LogP contribution in [0.4, 0.5) is 0 Å². The molecule has 0 amide bonds. The second kappa shape index (κ2) is 8.71. The number of benzene rings is 1. The summed E-state index contributed by atoms with van der Waals surface area (Å²) in [6, 6.07) is 10.9. The van der Waals surface area contributed by atoms with Crippen LogP contribution in [0, 0.1) is 0 Å². The van der Waals surface area contributed by atoms with E-state index in [0.717, 1.165) is 24.5 Å². The van der Waals surface area contributed by atoms with Gasteiger partial charge in [0.25, 0.3) is 0 Å². The van der Waals surface area contributed by atoms with E-state index in [1.807, 2.05) is 28.8 Å². The lowest BCUT2D eigenvalue weighted by atomic mass is 10.1. The summed E-state index contributed by atoms with van der Waals surface area (Å²) in [4.78, 5) is 12.5. The van der Waals surface area contributed by atoms with Gasteiger partial charge in [-0.1, -0.05) is 37.2 Å². The maximum Gasteiger partial charge on any atom is 0.200 e. The average Bonchev–Trinajstić information content (AvgIpc) is 3.33. The number of aromatic nitrogens is 3. The number of carbonyl (C=O) groups excluding carboxylic acids is 1. The first-order valence-corrected chi connectivity index (χ1v) is 9.48. The molecule has 26 heavy (non-hydrogen) atoms. The van der Waals surface area contributed by atoms with E-state index < -0.39 is 0 Å². The van der Waals surface area contributed by atoms with Crippen LogP contribution in [0.3, 0.4) is 0 Å². The van der Waals surface area contributed by atoms with E-state index in [2.05, 4.69) is 17.1 Å². The molecule has 0 saturated heterocycles. The molecule has 7 heteroatoms. The molecule has 0 saturated carbocycles. The Bertz CT molecular complexity index is 859. The molecule has 0 fully saturated rings. The average molecular weight is 371 g/mol. The lowest BCUT2D eigenvalue weighted by molar-refractivity contribution is 0.102. The summed E-state index contributed by atoms with van der Waals surface area (Å²) in [5.41, 5.74) is 0.628. The normalized spacial score (nSPS) is 10.8. The number of hydrogen-bond donors (Lipinski definition) is 0. The van der Waals surface area contributed by atoms with Crippen molar-refractivity contribution in [3.05, 3.63) is 48.2 Å². The molecule has 136 valence electrons. The number of ether oxygens (including phenoxy) is 1. The first-order valence-electron chi connectivity index (χ1n) is 8.50. The summed E-state index contributed by atoms with van der Waals surface area (Å²) in [5.74, 6) is 2.36. The quantitative estimate of drug-likeness (QED) is 0.412. The number of Topliss-reactive ketones (excluding diaryl/α,β-unsaturated/α-hetero) is 1. The summed E-state index contributed by atoms with van der Waals surface area (Å²) in [6.45, 7) is 2.92. The molecule has 0 aliphatic heterocycles. The Morgan fingerprint density at radius 2 is 2.15 bits per heavy atom. The van der Waals surface area contributed by atoms with Crippen molar-refractivity contribution in [2.75, 3.05) is 12.9 Å². The number of thioether (sulfide) groups is 1. The van der Waals surface area contributed by atoms with E-state index in [9.17, 15) is 4.79 Å². The van der Waals surface area contributed by atoms with Gasteiger partial charge in [0.2, 0.25) is 0 Å². The van der Waals surface area contributed by atoms with Gasteiger partial charge in [-0.2, -0.15) is 0 Å². The number of hydrogen-bond acceptors (Lipinski definition) is 6. The Labute approximate surface area is 156 Å². The van der Waals surface area contributed by atoms with Crippen LogP contribution in [0.1, 0.15) is 30.1 Å². The van der Waals surface area contributed by atoms with Gasteiger partial charge >= 0.3 is 0 Å². The minimum Gasteiger partial charge on any atom is -0.497 e. The van der Waals surface area contributed by atoms with Gasteiger partial charge < -0.3 is 9.15 Å². The van der Waals surface area contributed by atoms with Crippen LogP contribution < -0.4 is 4.74 Å². The molecule has 0 bridgehead atoms. The van der Waals surface area contributed by atoms with E-state index >= 15 is 0 Å². The number of rotatable bonds is 9. The van der Waals surface area contributed by atoms with Gasteiger partial charge in [0.05, 0.1) is 19.1 Å². The summed E-state index contributed by atoms with van der Waals surface area (Å²) in [7, 11) is 1.59. The maximum atomic E-state index is 12.5. The Balaban J connectivity index is 1.75. The Morgan fingerprint density at radius 3 is 2.88 bits per heavy atom. The second-order valence-electron chi connectivity index (χ2n) is 5.73. The predicted octanol–water partition coefficient (Wildman–Crippen LogP) is 4.32. The van der Waals surface area contributed by atoms with E-state index in [4.69, 9.17) is 9.15 Å². The number of nitrogens with zero attached hydrogens (tertiary/aromatic N) is 3. The van der Waals surface area contributed by atoms with Crippen molar-refractivity contribution >= 4 is 17.5 Å². The zero-order valence-corrected chi connectivity index (χ0v) is 15.7. The van der Waals surface area contributed by atoms with Crippen molar-refractivity contribution in [3.63, 3.8) is 0 Å². The van der Waals surface area contributed by atoms with Crippen LogP contribution >= 0.6 is 11.8 Å². The molecule has 3 rings (SSSR count). The number of carbonyl (C=O) groups is 1. The molecule has 0 spiro atoms. The second-order valence-corrected chi connectivity index (χ2v) is 6.67. The van der Waals surface area contributed by atoms with Crippen molar-refractivity contribution in [1.82, 2.24) is 14.8 Å². The third-order valence-electron chi connectivity index (χ3n) is 3.92. The van der Waals surface area contributed by atoms with Crippen molar-refractivity contribution in [2.24, 2.45) is 0 Å². The largest absolute Gasteiger partial charge is 0.497 e. The zero-order valence-electron chi connectivity index (χ0n) is 14.8. The first-order chi connectivity index (χ1) is 12.7. The van der Waals surface area contributed by atoms with Crippen molar-refractivity contribution in [1.29, 1.82) is 0 Å². The van der Waals surface area contributed by atoms with Crippen LogP contribution in [-0.4, -0.2) is 33.4 Å². The molecule has 1 aromatic carbocycles. The molecule has 0 aliphatic rings. The molecule has 2 aromatic heterocycles. The maximum absolute atomic E-state index is 12.5. The third-order valence-corrected chi connectivity index (χ3v) is 4.88. The number of ketones is 1. The van der Waals surface area contributed by atoms with Crippen molar-refractivity contribution in [2.45, 2.75) is 31.5 Å². The van der Waals surface area contributed by atoms with Crippen molar-refractivity contribution in [3.8, 4) is 17.3 Å². The van der Waals surface area contributed by atoms with Gasteiger partial charge in [0.15, 0.2) is 22.5 Å². The topological polar surface area (TPSA) is 70.2 Å². The molecular formula is C19H21N3O3S. The van der Waals surface area contributed by atoms with Crippen LogP contribution in [0.15, 0.2) is 52.2 Å².